The summed E-state index contributed by atoms with van der Waals surface area (Å²) in [5.41, 5.74) is 0. The van der Waals surface area contributed by atoms with Crippen LogP contribution in [0.15, 0.2) is 0 Å². The second-order valence-corrected chi connectivity index (χ2v) is 1.34. The normalized spacial score (nSPS) is 5.27. The van der Waals surface area contributed by atoms with Crippen molar-refractivity contribution in [2.75, 3.05) is 0 Å². The monoisotopic (exact) mass is 388 g/mol. The van der Waals surface area contributed by atoms with Gasteiger partial charge in [-0.3, -0.25) is 9.11 Å². The first-order chi connectivity index (χ1) is 2.00. The fourth-order valence-corrected chi connectivity index (χ4v) is 0. The number of hydrogen-bond donors (Lipinski definition) is 2. The summed E-state index contributed by atoms with van der Waals surface area (Å²) in [6.07, 6.45) is 0. The summed E-state index contributed by atoms with van der Waals surface area (Å²) in [4.78, 5) is 0. The van der Waals surface area contributed by atoms with Crippen molar-refractivity contribution in [2.45, 2.75) is 0 Å². The van der Waals surface area contributed by atoms with Gasteiger partial charge in [-0.25, -0.2) is 0 Å². The fourth-order valence-electron chi connectivity index (χ4n) is 0. The molecule has 0 aromatic heterocycles. The zero-order valence-electron chi connectivity index (χ0n) is 4.61. The molecule has 0 aliphatic heterocycles. The van der Waals surface area contributed by atoms with E-state index in [1.807, 2.05) is 0 Å². The molecule has 0 rings (SSSR count). The largest absolute Gasteiger partial charge is 0.394 e. The minimum Gasteiger partial charge on any atom is -0.264 e. The van der Waals surface area contributed by atoms with Gasteiger partial charge in [-0.05, 0) is 0 Å². The number of hydrogen-bond acceptors (Lipinski definition) is 2. The standard InChI is InChI=1S/4ClH.Fe.H2O4S.Zr/c;;;;;1-5(2,3)4;/h4*1H;;(H2,1,2,3,4);. The third-order valence-corrected chi connectivity index (χ3v) is 0. The van der Waals surface area contributed by atoms with E-state index in [2.05, 4.69) is 0 Å². The Morgan fingerprint density at radius 1 is 0.818 bits per heavy atom. The summed E-state index contributed by atoms with van der Waals surface area (Å²) < 4.78 is 31.6. The van der Waals surface area contributed by atoms with E-state index in [0.29, 0.717) is 0 Å². The molecule has 0 bridgehead atoms. The molecule has 76 valence electrons. The number of halogens is 4. The molecule has 0 saturated heterocycles. The maximum atomic E-state index is 8.74. The van der Waals surface area contributed by atoms with Gasteiger partial charge in [0, 0.05) is 43.3 Å². The van der Waals surface area contributed by atoms with Crippen LogP contribution >= 0.6 is 49.6 Å². The molecular weight excluding hydrogens is 385 g/mol. The molecule has 11 heteroatoms. The van der Waals surface area contributed by atoms with E-state index < -0.39 is 10.4 Å². The second-order valence-electron chi connectivity index (χ2n) is 0.448. The average molecular weight is 391 g/mol. The molecule has 2 N–H and O–H groups in total. The van der Waals surface area contributed by atoms with Crippen LogP contribution in [0.4, 0.5) is 0 Å². The van der Waals surface area contributed by atoms with Gasteiger partial charge in [0.1, 0.15) is 0 Å². The van der Waals surface area contributed by atoms with E-state index in [4.69, 9.17) is 17.5 Å². The molecule has 0 unspecified atom stereocenters. The van der Waals surface area contributed by atoms with Crippen LogP contribution in [-0.4, -0.2) is 17.5 Å². The molecule has 0 aromatic rings. The van der Waals surface area contributed by atoms with Crippen molar-refractivity contribution in [2.24, 2.45) is 0 Å². The molecule has 0 atom stereocenters. The van der Waals surface area contributed by atoms with Gasteiger partial charge in [0.2, 0.25) is 0 Å². The Hall–Kier alpha value is 2.43. The molecule has 0 heterocycles. The summed E-state index contributed by atoms with van der Waals surface area (Å²) in [5, 5.41) is 0. The molecule has 0 radical (unpaired) electrons. The van der Waals surface area contributed by atoms with E-state index in [0.717, 1.165) is 0 Å². The molecule has 0 aliphatic rings. The predicted molar refractivity (Wildman–Crippen MR) is 43.2 cm³/mol. The van der Waals surface area contributed by atoms with Crippen molar-refractivity contribution >= 4 is 60.0 Å². The van der Waals surface area contributed by atoms with Crippen LogP contribution in [0, 0.1) is 0 Å². The van der Waals surface area contributed by atoms with Crippen molar-refractivity contribution < 1.29 is 60.8 Å². The molecular formula is H6Cl4FeO4SZr. The third-order valence-electron chi connectivity index (χ3n) is 0. The van der Waals surface area contributed by atoms with E-state index >= 15 is 0 Å². The zero-order valence-corrected chi connectivity index (χ0v) is 12.3. The summed E-state index contributed by atoms with van der Waals surface area (Å²) >= 11 is 0. The summed E-state index contributed by atoms with van der Waals surface area (Å²) in [6.45, 7) is 0. The van der Waals surface area contributed by atoms with Gasteiger partial charge in [0.25, 0.3) is 0 Å². The molecule has 4 nitrogen and oxygen atoms in total. The third kappa shape index (κ3) is 229. The topological polar surface area (TPSA) is 74.6 Å². The van der Waals surface area contributed by atoms with Gasteiger partial charge in [0.15, 0.2) is 0 Å². The first-order valence-corrected chi connectivity index (χ1v) is 2.10. The van der Waals surface area contributed by atoms with E-state index in [1.165, 1.54) is 0 Å². The van der Waals surface area contributed by atoms with Crippen LogP contribution in [-0.2, 0) is 53.7 Å². The molecule has 0 saturated carbocycles. The van der Waals surface area contributed by atoms with Gasteiger partial charge in [0.05, 0.1) is 0 Å². The molecule has 0 spiro atoms. The van der Waals surface area contributed by atoms with E-state index in [-0.39, 0.29) is 92.9 Å². The molecule has 0 aliphatic carbocycles. The first-order valence-electron chi connectivity index (χ1n) is 0.698. The molecule has 0 aromatic carbocycles. The summed E-state index contributed by atoms with van der Waals surface area (Å²) in [5.74, 6) is 0. The van der Waals surface area contributed by atoms with Crippen LogP contribution in [0.1, 0.15) is 0 Å². The molecule has 0 fully saturated rings. The summed E-state index contributed by atoms with van der Waals surface area (Å²) in [7, 11) is -4.67. The smallest absolute Gasteiger partial charge is 0.264 e. The Labute approximate surface area is 119 Å². The van der Waals surface area contributed by atoms with E-state index in [1.54, 1.807) is 0 Å². The van der Waals surface area contributed by atoms with Crippen LogP contribution in [0.25, 0.3) is 0 Å². The van der Waals surface area contributed by atoms with Crippen LogP contribution < -0.4 is 0 Å². The Balaban J connectivity index is -0.00000000533. The molecule has 11 heavy (non-hydrogen) atoms. The Morgan fingerprint density at radius 3 is 0.818 bits per heavy atom. The minimum atomic E-state index is -4.67. The minimum absolute atomic E-state index is 0. The van der Waals surface area contributed by atoms with Crippen LogP contribution in [0.2, 0.25) is 0 Å². The van der Waals surface area contributed by atoms with Gasteiger partial charge in [-0.2, -0.15) is 8.42 Å². The van der Waals surface area contributed by atoms with Gasteiger partial charge < -0.3 is 0 Å². The van der Waals surface area contributed by atoms with Crippen molar-refractivity contribution in [3.63, 3.8) is 0 Å². The molecule has 0 amide bonds. The number of rotatable bonds is 0. The van der Waals surface area contributed by atoms with Crippen LogP contribution in [0.3, 0.4) is 0 Å². The summed E-state index contributed by atoms with van der Waals surface area (Å²) in [6, 6.07) is 0. The van der Waals surface area contributed by atoms with Gasteiger partial charge >= 0.3 is 10.4 Å². The maximum Gasteiger partial charge on any atom is 0.394 e. The van der Waals surface area contributed by atoms with Crippen molar-refractivity contribution in [1.82, 2.24) is 0 Å². The Morgan fingerprint density at radius 2 is 0.818 bits per heavy atom. The first kappa shape index (κ1) is 50.2. The zero-order chi connectivity index (χ0) is 4.50. The average Bonchev–Trinajstić information content (AvgIpc) is 0.722. The fraction of sp³-hybridized carbons (Fsp3) is 0. The van der Waals surface area contributed by atoms with Crippen molar-refractivity contribution in [3.05, 3.63) is 0 Å². The van der Waals surface area contributed by atoms with Crippen molar-refractivity contribution in [1.29, 1.82) is 0 Å². The van der Waals surface area contributed by atoms with Gasteiger partial charge in [-0.15, -0.1) is 49.6 Å². The predicted octanol–water partition coefficient (Wildman–Crippen LogP) is 1.03. The van der Waals surface area contributed by atoms with E-state index in [9.17, 15) is 0 Å². The maximum absolute atomic E-state index is 8.74. The van der Waals surface area contributed by atoms with Gasteiger partial charge in [-0.1, -0.05) is 0 Å². The van der Waals surface area contributed by atoms with Crippen molar-refractivity contribution in [3.8, 4) is 0 Å². The Kier molecular flexibility index (Phi) is 104. The SMILES string of the molecule is Cl.Cl.Cl.Cl.O=S(=O)(O)O.[Fe].[Zr]. The quantitative estimate of drug-likeness (QED) is 0.478. The van der Waals surface area contributed by atoms with Crippen LogP contribution in [0.5, 0.6) is 0 Å². The Bertz CT molecular complexity index is 105. The second kappa shape index (κ2) is 22.9.